The van der Waals surface area contributed by atoms with Gasteiger partial charge < -0.3 is 9.84 Å². The fourth-order valence-electron chi connectivity index (χ4n) is 2.25. The number of hydrogen-bond acceptors (Lipinski definition) is 2. The highest BCUT2D eigenvalue weighted by molar-refractivity contribution is 5.27. The summed E-state index contributed by atoms with van der Waals surface area (Å²) in [6.45, 7) is 1.97. The standard InChI is InChI=1S/C15H22O2/c1-15(16,11-13-3-4-13)10-9-12-5-7-14(17-2)8-6-12/h5-8,13,16H,3-4,9-11H2,1-2H3. The summed E-state index contributed by atoms with van der Waals surface area (Å²) in [4.78, 5) is 0. The Hall–Kier alpha value is -1.02. The molecule has 0 radical (unpaired) electrons. The maximum absolute atomic E-state index is 10.3. The molecule has 0 spiro atoms. The normalized spacial score (nSPS) is 18.8. The minimum atomic E-state index is -0.499. The van der Waals surface area contributed by atoms with E-state index in [0.29, 0.717) is 0 Å². The van der Waals surface area contributed by atoms with Crippen molar-refractivity contribution in [3.05, 3.63) is 29.8 Å². The summed E-state index contributed by atoms with van der Waals surface area (Å²) >= 11 is 0. The molecule has 94 valence electrons. The molecule has 0 bridgehead atoms. The highest BCUT2D eigenvalue weighted by Crippen LogP contribution is 2.38. The molecule has 1 fully saturated rings. The number of aryl methyl sites for hydroxylation is 1. The predicted octanol–water partition coefficient (Wildman–Crippen LogP) is 3.18. The Labute approximate surface area is 104 Å². The summed E-state index contributed by atoms with van der Waals surface area (Å²) < 4.78 is 5.13. The van der Waals surface area contributed by atoms with Crippen LogP contribution < -0.4 is 4.74 Å². The van der Waals surface area contributed by atoms with Gasteiger partial charge in [-0.1, -0.05) is 25.0 Å². The van der Waals surface area contributed by atoms with Crippen molar-refractivity contribution in [2.75, 3.05) is 7.11 Å². The molecule has 1 saturated carbocycles. The van der Waals surface area contributed by atoms with Gasteiger partial charge in [-0.25, -0.2) is 0 Å². The van der Waals surface area contributed by atoms with Crippen molar-refractivity contribution in [1.82, 2.24) is 0 Å². The molecule has 1 aliphatic carbocycles. The molecule has 1 aromatic rings. The Balaban J connectivity index is 1.83. The first-order valence-electron chi connectivity index (χ1n) is 6.44. The van der Waals surface area contributed by atoms with Crippen molar-refractivity contribution in [3.8, 4) is 5.75 Å². The van der Waals surface area contributed by atoms with Crippen LogP contribution in [0, 0.1) is 5.92 Å². The van der Waals surface area contributed by atoms with E-state index in [2.05, 4.69) is 12.1 Å². The average Bonchev–Trinajstić information content (AvgIpc) is 3.10. The summed E-state index contributed by atoms with van der Waals surface area (Å²) in [5.74, 6) is 1.67. The van der Waals surface area contributed by atoms with E-state index in [9.17, 15) is 5.11 Å². The number of ether oxygens (including phenoxy) is 1. The molecule has 1 unspecified atom stereocenters. The Morgan fingerprint density at radius 1 is 1.29 bits per heavy atom. The van der Waals surface area contributed by atoms with Crippen LogP contribution in [-0.2, 0) is 6.42 Å². The smallest absolute Gasteiger partial charge is 0.118 e. The van der Waals surface area contributed by atoms with Crippen LogP contribution in [0.25, 0.3) is 0 Å². The van der Waals surface area contributed by atoms with Crippen molar-refractivity contribution < 1.29 is 9.84 Å². The van der Waals surface area contributed by atoms with E-state index in [4.69, 9.17) is 4.74 Å². The molecular weight excluding hydrogens is 212 g/mol. The zero-order valence-corrected chi connectivity index (χ0v) is 10.8. The van der Waals surface area contributed by atoms with Crippen molar-refractivity contribution in [2.45, 2.75) is 44.6 Å². The van der Waals surface area contributed by atoms with Crippen LogP contribution in [0.15, 0.2) is 24.3 Å². The highest BCUT2D eigenvalue weighted by Gasteiger charge is 2.31. The largest absolute Gasteiger partial charge is 0.497 e. The fraction of sp³-hybridized carbons (Fsp3) is 0.600. The monoisotopic (exact) mass is 234 g/mol. The Kier molecular flexibility index (Phi) is 3.72. The van der Waals surface area contributed by atoms with Crippen LogP contribution in [0.1, 0.15) is 38.2 Å². The SMILES string of the molecule is COc1ccc(CCC(C)(O)CC2CC2)cc1. The zero-order chi connectivity index (χ0) is 12.3. The summed E-state index contributed by atoms with van der Waals surface area (Å²) in [7, 11) is 1.68. The second-order valence-corrected chi connectivity index (χ2v) is 5.49. The quantitative estimate of drug-likeness (QED) is 0.819. The third kappa shape index (κ3) is 4.04. The molecule has 1 aliphatic rings. The second kappa shape index (κ2) is 5.09. The maximum Gasteiger partial charge on any atom is 0.118 e. The minimum Gasteiger partial charge on any atom is -0.497 e. The molecule has 1 aromatic carbocycles. The fourth-order valence-corrected chi connectivity index (χ4v) is 2.25. The lowest BCUT2D eigenvalue weighted by Crippen LogP contribution is -2.25. The third-order valence-electron chi connectivity index (χ3n) is 3.54. The van der Waals surface area contributed by atoms with Gasteiger partial charge in [-0.05, 0) is 49.8 Å². The lowest BCUT2D eigenvalue weighted by atomic mass is 9.91. The molecule has 2 heteroatoms. The zero-order valence-electron chi connectivity index (χ0n) is 10.8. The van der Waals surface area contributed by atoms with Gasteiger partial charge >= 0.3 is 0 Å². The summed E-state index contributed by atoms with van der Waals surface area (Å²) in [6.07, 6.45) is 5.35. The first-order valence-corrected chi connectivity index (χ1v) is 6.44. The topological polar surface area (TPSA) is 29.5 Å². The molecule has 0 aliphatic heterocycles. The van der Waals surface area contributed by atoms with E-state index in [1.807, 2.05) is 19.1 Å². The lowest BCUT2D eigenvalue weighted by molar-refractivity contribution is 0.0367. The predicted molar refractivity (Wildman–Crippen MR) is 69.3 cm³/mol. The van der Waals surface area contributed by atoms with Gasteiger partial charge in [0.25, 0.3) is 0 Å². The van der Waals surface area contributed by atoms with Crippen LogP contribution in [0.4, 0.5) is 0 Å². The van der Waals surface area contributed by atoms with Crippen LogP contribution in [0.3, 0.4) is 0 Å². The molecular formula is C15H22O2. The summed E-state index contributed by atoms with van der Waals surface area (Å²) in [6, 6.07) is 8.11. The van der Waals surface area contributed by atoms with E-state index in [-0.39, 0.29) is 0 Å². The summed E-state index contributed by atoms with van der Waals surface area (Å²) in [5, 5.41) is 10.3. The Morgan fingerprint density at radius 2 is 1.94 bits per heavy atom. The Bertz CT molecular complexity index is 350. The van der Waals surface area contributed by atoms with E-state index in [1.165, 1.54) is 18.4 Å². The molecule has 2 rings (SSSR count). The third-order valence-corrected chi connectivity index (χ3v) is 3.54. The maximum atomic E-state index is 10.3. The average molecular weight is 234 g/mol. The first kappa shape index (κ1) is 12.4. The van der Waals surface area contributed by atoms with Crippen LogP contribution in [0.2, 0.25) is 0 Å². The van der Waals surface area contributed by atoms with E-state index in [0.717, 1.165) is 30.9 Å². The number of rotatable bonds is 6. The van der Waals surface area contributed by atoms with E-state index < -0.39 is 5.60 Å². The van der Waals surface area contributed by atoms with Crippen molar-refractivity contribution in [3.63, 3.8) is 0 Å². The number of methoxy groups -OCH3 is 1. The molecule has 2 nitrogen and oxygen atoms in total. The molecule has 0 heterocycles. The van der Waals surface area contributed by atoms with Gasteiger partial charge in [0, 0.05) is 0 Å². The van der Waals surface area contributed by atoms with Gasteiger partial charge in [-0.15, -0.1) is 0 Å². The van der Waals surface area contributed by atoms with Crippen LogP contribution >= 0.6 is 0 Å². The van der Waals surface area contributed by atoms with Crippen molar-refractivity contribution in [1.29, 1.82) is 0 Å². The van der Waals surface area contributed by atoms with Gasteiger partial charge in [0.15, 0.2) is 0 Å². The number of benzene rings is 1. The summed E-state index contributed by atoms with van der Waals surface area (Å²) in [5.41, 5.74) is 0.767. The van der Waals surface area contributed by atoms with Gasteiger partial charge in [0.2, 0.25) is 0 Å². The van der Waals surface area contributed by atoms with Crippen LogP contribution in [-0.4, -0.2) is 17.8 Å². The van der Waals surface area contributed by atoms with E-state index >= 15 is 0 Å². The molecule has 1 N–H and O–H groups in total. The molecule has 17 heavy (non-hydrogen) atoms. The Morgan fingerprint density at radius 3 is 2.47 bits per heavy atom. The second-order valence-electron chi connectivity index (χ2n) is 5.49. The molecule has 1 atom stereocenters. The number of aliphatic hydroxyl groups is 1. The molecule has 0 saturated heterocycles. The first-order chi connectivity index (χ1) is 8.09. The lowest BCUT2D eigenvalue weighted by Gasteiger charge is -2.23. The molecule has 0 amide bonds. The van der Waals surface area contributed by atoms with E-state index in [1.54, 1.807) is 7.11 Å². The number of hydrogen-bond donors (Lipinski definition) is 1. The van der Waals surface area contributed by atoms with Crippen molar-refractivity contribution in [2.24, 2.45) is 5.92 Å². The van der Waals surface area contributed by atoms with Crippen molar-refractivity contribution >= 4 is 0 Å². The van der Waals surface area contributed by atoms with Crippen LogP contribution in [0.5, 0.6) is 5.75 Å². The minimum absolute atomic E-state index is 0.499. The van der Waals surface area contributed by atoms with Gasteiger partial charge in [-0.2, -0.15) is 0 Å². The highest BCUT2D eigenvalue weighted by atomic mass is 16.5. The van der Waals surface area contributed by atoms with Gasteiger partial charge in [0.05, 0.1) is 12.7 Å². The molecule has 0 aromatic heterocycles. The van der Waals surface area contributed by atoms with Gasteiger partial charge in [-0.3, -0.25) is 0 Å². The van der Waals surface area contributed by atoms with Gasteiger partial charge in [0.1, 0.15) is 5.75 Å².